The summed E-state index contributed by atoms with van der Waals surface area (Å²) in [5.74, 6) is 0.418. The Balaban J connectivity index is 1.60. The molecule has 2 heterocycles. The minimum atomic E-state index is -0.898. The SMILES string of the molecule is CN1C(=O)NC(Nc2nc(Cc3ccc(O)cc3)cn2Cc2ccc(O)cc2)C1=O. The lowest BCUT2D eigenvalue weighted by molar-refractivity contribution is -0.125. The Morgan fingerprint density at radius 3 is 2.17 bits per heavy atom. The van der Waals surface area contributed by atoms with Gasteiger partial charge in [0.25, 0.3) is 5.91 Å². The van der Waals surface area contributed by atoms with Crippen LogP contribution in [-0.4, -0.2) is 49.8 Å². The summed E-state index contributed by atoms with van der Waals surface area (Å²) in [5, 5.41) is 24.5. The van der Waals surface area contributed by atoms with Gasteiger partial charge in [-0.3, -0.25) is 9.69 Å². The van der Waals surface area contributed by atoms with Gasteiger partial charge in [0.1, 0.15) is 11.5 Å². The summed E-state index contributed by atoms with van der Waals surface area (Å²) in [5.41, 5.74) is 2.66. The number of phenols is 2. The van der Waals surface area contributed by atoms with Crippen molar-refractivity contribution in [1.82, 2.24) is 19.8 Å². The van der Waals surface area contributed by atoms with Crippen molar-refractivity contribution in [2.75, 3.05) is 12.4 Å². The van der Waals surface area contributed by atoms with Crippen LogP contribution in [0, 0.1) is 0 Å². The summed E-state index contributed by atoms with van der Waals surface area (Å²) in [7, 11) is 1.42. The number of carbonyl (C=O) groups is 2. The number of carbonyl (C=O) groups excluding carboxylic acids is 2. The van der Waals surface area contributed by atoms with E-state index in [1.54, 1.807) is 36.4 Å². The number of imidazole rings is 1. The maximum Gasteiger partial charge on any atom is 0.325 e. The van der Waals surface area contributed by atoms with Crippen molar-refractivity contribution in [3.05, 3.63) is 71.5 Å². The van der Waals surface area contributed by atoms with Crippen LogP contribution in [0.4, 0.5) is 10.7 Å². The largest absolute Gasteiger partial charge is 0.508 e. The van der Waals surface area contributed by atoms with Gasteiger partial charge in [-0.2, -0.15) is 0 Å². The van der Waals surface area contributed by atoms with Crippen LogP contribution in [-0.2, 0) is 17.8 Å². The second kappa shape index (κ2) is 7.78. The van der Waals surface area contributed by atoms with Gasteiger partial charge in [0, 0.05) is 19.7 Å². The molecule has 4 rings (SSSR count). The lowest BCUT2D eigenvalue weighted by atomic mass is 10.1. The van der Waals surface area contributed by atoms with Crippen molar-refractivity contribution in [1.29, 1.82) is 0 Å². The molecule has 9 heteroatoms. The molecule has 9 nitrogen and oxygen atoms in total. The summed E-state index contributed by atoms with van der Waals surface area (Å²) < 4.78 is 1.85. The zero-order valence-corrected chi connectivity index (χ0v) is 16.2. The monoisotopic (exact) mass is 407 g/mol. The summed E-state index contributed by atoms with van der Waals surface area (Å²) in [6.07, 6.45) is 1.50. The zero-order valence-electron chi connectivity index (χ0n) is 16.2. The maximum absolute atomic E-state index is 12.2. The molecule has 154 valence electrons. The summed E-state index contributed by atoms with van der Waals surface area (Å²) in [6, 6.07) is 13.2. The highest BCUT2D eigenvalue weighted by Crippen LogP contribution is 2.19. The zero-order chi connectivity index (χ0) is 21.3. The van der Waals surface area contributed by atoms with Crippen molar-refractivity contribution in [3.63, 3.8) is 0 Å². The third-order valence-corrected chi connectivity index (χ3v) is 4.86. The van der Waals surface area contributed by atoms with Crippen molar-refractivity contribution in [2.45, 2.75) is 19.1 Å². The Kier molecular flexibility index (Phi) is 5.01. The second-order valence-corrected chi connectivity index (χ2v) is 7.12. The van der Waals surface area contributed by atoms with E-state index in [0.29, 0.717) is 18.9 Å². The van der Waals surface area contributed by atoms with E-state index in [4.69, 9.17) is 0 Å². The van der Waals surface area contributed by atoms with Gasteiger partial charge >= 0.3 is 6.03 Å². The van der Waals surface area contributed by atoms with Gasteiger partial charge in [-0.25, -0.2) is 9.78 Å². The fourth-order valence-corrected chi connectivity index (χ4v) is 3.21. The van der Waals surface area contributed by atoms with E-state index < -0.39 is 12.2 Å². The molecule has 30 heavy (non-hydrogen) atoms. The predicted molar refractivity (Wildman–Crippen MR) is 109 cm³/mol. The summed E-state index contributed by atoms with van der Waals surface area (Å²) in [6.45, 7) is 0.454. The van der Waals surface area contributed by atoms with E-state index in [9.17, 15) is 19.8 Å². The number of imide groups is 1. The second-order valence-electron chi connectivity index (χ2n) is 7.12. The Morgan fingerprint density at radius 2 is 1.60 bits per heavy atom. The van der Waals surface area contributed by atoms with Crippen LogP contribution in [0.25, 0.3) is 0 Å². The molecule has 4 N–H and O–H groups in total. The number of nitrogens with zero attached hydrogens (tertiary/aromatic N) is 3. The molecule has 0 saturated carbocycles. The normalized spacial score (nSPS) is 16.0. The highest BCUT2D eigenvalue weighted by Gasteiger charge is 2.36. The average molecular weight is 407 g/mol. The van der Waals surface area contributed by atoms with Crippen LogP contribution < -0.4 is 10.6 Å². The van der Waals surface area contributed by atoms with Crippen LogP contribution >= 0.6 is 0 Å². The number of anilines is 1. The number of urea groups is 1. The van der Waals surface area contributed by atoms with Gasteiger partial charge in [0.15, 0.2) is 6.17 Å². The number of hydrogen-bond acceptors (Lipinski definition) is 6. The minimum absolute atomic E-state index is 0.179. The first-order valence-corrected chi connectivity index (χ1v) is 9.35. The number of phenolic OH excluding ortho intramolecular Hbond substituents is 2. The predicted octanol–water partition coefficient (Wildman–Crippen LogP) is 1.85. The van der Waals surface area contributed by atoms with Crippen LogP contribution in [0.1, 0.15) is 16.8 Å². The number of nitrogens with one attached hydrogen (secondary N) is 2. The van der Waals surface area contributed by atoms with E-state index in [0.717, 1.165) is 21.7 Å². The molecule has 3 amide bonds. The van der Waals surface area contributed by atoms with Gasteiger partial charge in [-0.1, -0.05) is 24.3 Å². The van der Waals surface area contributed by atoms with Gasteiger partial charge in [0.2, 0.25) is 5.95 Å². The maximum atomic E-state index is 12.2. The molecule has 0 aliphatic carbocycles. The summed E-state index contributed by atoms with van der Waals surface area (Å²) in [4.78, 5) is 29.6. The molecule has 1 aliphatic heterocycles. The highest BCUT2D eigenvalue weighted by molar-refractivity contribution is 6.04. The molecule has 1 fully saturated rings. The summed E-state index contributed by atoms with van der Waals surface area (Å²) >= 11 is 0. The van der Waals surface area contributed by atoms with Crippen molar-refractivity contribution in [3.8, 4) is 11.5 Å². The van der Waals surface area contributed by atoms with Gasteiger partial charge in [-0.15, -0.1) is 0 Å². The van der Waals surface area contributed by atoms with Crippen LogP contribution in [0.2, 0.25) is 0 Å². The highest BCUT2D eigenvalue weighted by atomic mass is 16.3. The number of rotatable bonds is 6. The average Bonchev–Trinajstić information content (AvgIpc) is 3.20. The third-order valence-electron chi connectivity index (χ3n) is 4.86. The van der Waals surface area contributed by atoms with Crippen LogP contribution in [0.5, 0.6) is 11.5 Å². The van der Waals surface area contributed by atoms with E-state index in [1.807, 2.05) is 22.9 Å². The number of benzene rings is 2. The molecule has 1 aromatic heterocycles. The molecule has 0 bridgehead atoms. The topological polar surface area (TPSA) is 120 Å². The Morgan fingerprint density at radius 1 is 1.00 bits per heavy atom. The molecule has 2 aromatic carbocycles. The molecule has 1 saturated heterocycles. The van der Waals surface area contributed by atoms with Crippen LogP contribution in [0.3, 0.4) is 0 Å². The Hall–Kier alpha value is -4.01. The first-order valence-electron chi connectivity index (χ1n) is 9.35. The molecular weight excluding hydrogens is 386 g/mol. The molecule has 1 unspecified atom stereocenters. The Bertz CT molecular complexity index is 1080. The van der Waals surface area contributed by atoms with Crippen LogP contribution in [0.15, 0.2) is 54.7 Å². The molecule has 0 spiro atoms. The minimum Gasteiger partial charge on any atom is -0.508 e. The van der Waals surface area contributed by atoms with Gasteiger partial charge in [-0.05, 0) is 35.4 Å². The smallest absolute Gasteiger partial charge is 0.325 e. The fraction of sp³-hybridized carbons (Fsp3) is 0.190. The van der Waals surface area contributed by atoms with E-state index in [2.05, 4.69) is 15.6 Å². The van der Waals surface area contributed by atoms with Gasteiger partial charge < -0.3 is 25.4 Å². The molecule has 0 radical (unpaired) electrons. The molecule has 3 aromatic rings. The standard InChI is InChI=1S/C21H21N5O4/c1-25-19(29)18(24-21(25)30)23-20-22-15(10-13-2-6-16(27)7-3-13)12-26(20)11-14-4-8-17(28)9-5-14/h2-9,12,18,27-28H,10-11H2,1H3,(H,22,23)(H,24,30). The lowest BCUT2D eigenvalue weighted by Gasteiger charge is -2.13. The molecule has 1 atom stereocenters. The quantitative estimate of drug-likeness (QED) is 0.463. The van der Waals surface area contributed by atoms with E-state index >= 15 is 0 Å². The first kappa shape index (κ1) is 19.3. The number of aromatic hydroxyl groups is 2. The molecular formula is C21H21N5O4. The lowest BCUT2D eigenvalue weighted by Crippen LogP contribution is -2.37. The van der Waals surface area contributed by atoms with Crippen molar-refractivity contribution < 1.29 is 19.8 Å². The Labute approximate surface area is 172 Å². The first-order chi connectivity index (χ1) is 14.4. The van der Waals surface area contributed by atoms with E-state index in [1.165, 1.54) is 7.05 Å². The van der Waals surface area contributed by atoms with Crippen molar-refractivity contribution in [2.24, 2.45) is 0 Å². The number of hydrogen-bond donors (Lipinski definition) is 4. The number of amides is 3. The van der Waals surface area contributed by atoms with Gasteiger partial charge in [0.05, 0.1) is 12.2 Å². The molecule has 1 aliphatic rings. The third kappa shape index (κ3) is 4.04. The van der Waals surface area contributed by atoms with E-state index in [-0.39, 0.29) is 17.4 Å². The number of likely N-dealkylation sites (N-methyl/N-ethyl adjacent to an activating group) is 1. The number of aromatic nitrogens is 2. The van der Waals surface area contributed by atoms with Crippen molar-refractivity contribution >= 4 is 17.9 Å². The fourth-order valence-electron chi connectivity index (χ4n) is 3.21.